The lowest BCUT2D eigenvalue weighted by atomic mass is 10.1. The minimum atomic E-state index is -3.63. The minimum Gasteiger partial charge on any atom is -0.382 e. The Morgan fingerprint density at radius 2 is 2.10 bits per heavy atom. The Kier molecular flexibility index (Phi) is 6.10. The van der Waals surface area contributed by atoms with Crippen molar-refractivity contribution < 1.29 is 17.9 Å². The van der Waals surface area contributed by atoms with Crippen molar-refractivity contribution in [3.8, 4) is 6.07 Å². The quantitative estimate of drug-likeness (QED) is 0.804. The summed E-state index contributed by atoms with van der Waals surface area (Å²) in [5, 5.41) is 8.83. The predicted molar refractivity (Wildman–Crippen MR) is 73.8 cm³/mol. The Balaban J connectivity index is 2.84. The number of rotatable bonds is 7. The van der Waals surface area contributed by atoms with E-state index in [1.165, 1.54) is 32.4 Å². The van der Waals surface area contributed by atoms with E-state index in [1.807, 2.05) is 6.07 Å². The largest absolute Gasteiger partial charge is 0.382 e. The first-order chi connectivity index (χ1) is 9.44. The monoisotopic (exact) mass is 298 g/mol. The first-order valence-corrected chi connectivity index (χ1v) is 7.45. The lowest BCUT2D eigenvalue weighted by Crippen LogP contribution is -2.35. The average Bonchev–Trinajstić information content (AvgIpc) is 2.43. The molecule has 1 aromatic rings. The van der Waals surface area contributed by atoms with Crippen LogP contribution in [-0.4, -0.2) is 41.9 Å². The molecule has 6 nitrogen and oxygen atoms in total. The summed E-state index contributed by atoms with van der Waals surface area (Å²) in [6, 6.07) is 6.37. The Labute approximate surface area is 119 Å². The van der Waals surface area contributed by atoms with E-state index < -0.39 is 10.0 Å². The number of aryl methyl sites for hydroxylation is 1. The van der Waals surface area contributed by atoms with Crippen LogP contribution in [0.25, 0.3) is 0 Å². The highest BCUT2D eigenvalue weighted by atomic mass is 32.2. The standard InChI is InChI=1S/C13H18N2O4S/c1-10-6-13(5-4-11(10)7-14)20(16,17)15-8-12(19-3)9-18-2/h4-6,12,15H,8-9H2,1-3H3. The lowest BCUT2D eigenvalue weighted by Gasteiger charge is -2.15. The van der Waals surface area contributed by atoms with E-state index in [0.717, 1.165) is 0 Å². The van der Waals surface area contributed by atoms with Gasteiger partial charge in [0.1, 0.15) is 0 Å². The van der Waals surface area contributed by atoms with Crippen molar-refractivity contribution in [2.75, 3.05) is 27.4 Å². The second-order valence-corrected chi connectivity index (χ2v) is 6.02. The second kappa shape index (κ2) is 7.36. The highest BCUT2D eigenvalue weighted by Gasteiger charge is 2.17. The van der Waals surface area contributed by atoms with Crippen molar-refractivity contribution in [2.24, 2.45) is 0 Å². The molecule has 0 aliphatic heterocycles. The molecule has 110 valence electrons. The van der Waals surface area contributed by atoms with Crippen LogP contribution in [0.15, 0.2) is 23.1 Å². The van der Waals surface area contributed by atoms with Gasteiger partial charge >= 0.3 is 0 Å². The summed E-state index contributed by atoms with van der Waals surface area (Å²) in [6.45, 7) is 2.11. The second-order valence-electron chi connectivity index (χ2n) is 4.25. The fraction of sp³-hybridized carbons (Fsp3) is 0.462. The van der Waals surface area contributed by atoms with Crippen LogP contribution in [-0.2, 0) is 19.5 Å². The molecule has 0 aliphatic rings. The van der Waals surface area contributed by atoms with Crippen LogP contribution in [0.2, 0.25) is 0 Å². The van der Waals surface area contributed by atoms with E-state index in [0.29, 0.717) is 17.7 Å². The molecule has 1 aromatic carbocycles. The summed E-state index contributed by atoms with van der Waals surface area (Å²) in [5.41, 5.74) is 1.08. The molecule has 0 saturated heterocycles. The Bertz CT molecular complexity index is 593. The molecule has 0 aliphatic carbocycles. The summed E-state index contributed by atoms with van der Waals surface area (Å²) in [6.07, 6.45) is -0.353. The zero-order valence-electron chi connectivity index (χ0n) is 11.7. The number of hydrogen-bond acceptors (Lipinski definition) is 5. The van der Waals surface area contributed by atoms with Gasteiger partial charge in [0.15, 0.2) is 0 Å². The number of sulfonamides is 1. The predicted octanol–water partition coefficient (Wildman–Crippen LogP) is 0.806. The summed E-state index contributed by atoms with van der Waals surface area (Å²) in [5.74, 6) is 0. The van der Waals surface area contributed by atoms with Crippen LogP contribution in [0.4, 0.5) is 0 Å². The highest BCUT2D eigenvalue weighted by Crippen LogP contribution is 2.14. The molecule has 0 radical (unpaired) electrons. The minimum absolute atomic E-state index is 0.117. The highest BCUT2D eigenvalue weighted by molar-refractivity contribution is 7.89. The number of hydrogen-bond donors (Lipinski definition) is 1. The van der Waals surface area contributed by atoms with Gasteiger partial charge in [-0.05, 0) is 30.7 Å². The van der Waals surface area contributed by atoms with Gasteiger partial charge < -0.3 is 9.47 Å². The molecular weight excluding hydrogens is 280 g/mol. The molecule has 1 rings (SSSR count). The first kappa shape index (κ1) is 16.6. The van der Waals surface area contributed by atoms with Crippen LogP contribution in [0.5, 0.6) is 0 Å². The zero-order valence-corrected chi connectivity index (χ0v) is 12.5. The molecule has 0 fully saturated rings. The maximum absolute atomic E-state index is 12.1. The number of nitriles is 1. The van der Waals surface area contributed by atoms with Crippen LogP contribution < -0.4 is 4.72 Å². The Hall–Kier alpha value is -1.46. The van der Waals surface area contributed by atoms with E-state index in [2.05, 4.69) is 4.72 Å². The van der Waals surface area contributed by atoms with E-state index >= 15 is 0 Å². The molecule has 0 saturated carbocycles. The molecule has 20 heavy (non-hydrogen) atoms. The molecular formula is C13H18N2O4S. The van der Waals surface area contributed by atoms with Crippen molar-refractivity contribution in [3.05, 3.63) is 29.3 Å². The topological polar surface area (TPSA) is 88.4 Å². The van der Waals surface area contributed by atoms with Crippen LogP contribution >= 0.6 is 0 Å². The Morgan fingerprint density at radius 1 is 1.40 bits per heavy atom. The first-order valence-electron chi connectivity index (χ1n) is 5.96. The van der Waals surface area contributed by atoms with Gasteiger partial charge in [-0.25, -0.2) is 13.1 Å². The lowest BCUT2D eigenvalue weighted by molar-refractivity contribution is 0.0320. The normalized spacial score (nSPS) is 12.9. The van der Waals surface area contributed by atoms with Gasteiger partial charge in [-0.1, -0.05) is 0 Å². The number of nitrogens with zero attached hydrogens (tertiary/aromatic N) is 1. The molecule has 1 atom stereocenters. The van der Waals surface area contributed by atoms with Gasteiger partial charge in [-0.15, -0.1) is 0 Å². The van der Waals surface area contributed by atoms with Gasteiger partial charge in [-0.3, -0.25) is 0 Å². The summed E-state index contributed by atoms with van der Waals surface area (Å²) in [4.78, 5) is 0.126. The molecule has 0 amide bonds. The maximum Gasteiger partial charge on any atom is 0.240 e. The van der Waals surface area contributed by atoms with Crippen molar-refractivity contribution in [1.82, 2.24) is 4.72 Å². The zero-order chi connectivity index (χ0) is 15.2. The van der Waals surface area contributed by atoms with Gasteiger partial charge in [0.25, 0.3) is 0 Å². The van der Waals surface area contributed by atoms with E-state index in [-0.39, 0.29) is 17.5 Å². The average molecular weight is 298 g/mol. The number of benzene rings is 1. The Morgan fingerprint density at radius 3 is 2.60 bits per heavy atom. The van der Waals surface area contributed by atoms with Crippen LogP contribution in [0, 0.1) is 18.3 Å². The number of nitrogens with one attached hydrogen (secondary N) is 1. The van der Waals surface area contributed by atoms with Crippen molar-refractivity contribution in [1.29, 1.82) is 5.26 Å². The van der Waals surface area contributed by atoms with Crippen molar-refractivity contribution in [2.45, 2.75) is 17.9 Å². The molecule has 7 heteroatoms. The van der Waals surface area contributed by atoms with Crippen molar-refractivity contribution in [3.63, 3.8) is 0 Å². The van der Waals surface area contributed by atoms with E-state index in [9.17, 15) is 8.42 Å². The van der Waals surface area contributed by atoms with Gasteiger partial charge in [-0.2, -0.15) is 5.26 Å². The number of methoxy groups -OCH3 is 2. The fourth-order valence-electron chi connectivity index (χ4n) is 1.61. The fourth-order valence-corrected chi connectivity index (χ4v) is 2.76. The summed E-state index contributed by atoms with van der Waals surface area (Å²) in [7, 11) is -0.618. The van der Waals surface area contributed by atoms with E-state index in [1.54, 1.807) is 6.92 Å². The number of ether oxygens (including phenoxy) is 2. The van der Waals surface area contributed by atoms with Gasteiger partial charge in [0.05, 0.1) is 29.2 Å². The third kappa shape index (κ3) is 4.28. The smallest absolute Gasteiger partial charge is 0.240 e. The third-order valence-corrected chi connectivity index (χ3v) is 4.24. The van der Waals surface area contributed by atoms with Gasteiger partial charge in [0, 0.05) is 20.8 Å². The van der Waals surface area contributed by atoms with Crippen LogP contribution in [0.3, 0.4) is 0 Å². The van der Waals surface area contributed by atoms with Gasteiger partial charge in [0.2, 0.25) is 10.0 Å². The molecule has 1 unspecified atom stereocenters. The molecule has 0 bridgehead atoms. The molecule has 1 N–H and O–H groups in total. The maximum atomic E-state index is 12.1. The SMILES string of the molecule is COCC(CNS(=O)(=O)c1ccc(C#N)c(C)c1)OC. The van der Waals surface area contributed by atoms with E-state index in [4.69, 9.17) is 14.7 Å². The van der Waals surface area contributed by atoms with Crippen LogP contribution in [0.1, 0.15) is 11.1 Å². The molecule has 0 spiro atoms. The molecule has 0 aromatic heterocycles. The molecule has 0 heterocycles. The summed E-state index contributed by atoms with van der Waals surface area (Å²) >= 11 is 0. The third-order valence-electron chi connectivity index (χ3n) is 2.82. The summed E-state index contributed by atoms with van der Waals surface area (Å²) < 4.78 is 36.7. The van der Waals surface area contributed by atoms with Crippen molar-refractivity contribution >= 4 is 10.0 Å².